The summed E-state index contributed by atoms with van der Waals surface area (Å²) in [5.74, 6) is 0. The molecule has 0 aliphatic rings. The van der Waals surface area contributed by atoms with Crippen LogP contribution in [0, 0.1) is 6.92 Å². The normalized spacial score (nSPS) is 13.8. The molecule has 0 saturated heterocycles. The molecule has 2 rings (SSSR count). The summed E-state index contributed by atoms with van der Waals surface area (Å²) >= 11 is 6.09. The van der Waals surface area contributed by atoms with Crippen LogP contribution >= 0.6 is 11.6 Å². The fourth-order valence-corrected chi connectivity index (χ4v) is 4.76. The maximum Gasteiger partial charge on any atom is 0.244 e. The van der Waals surface area contributed by atoms with E-state index in [4.69, 9.17) is 16.7 Å². The number of hydrogen-bond donors (Lipinski definition) is 1. The van der Waals surface area contributed by atoms with Gasteiger partial charge in [-0.15, -0.1) is 0 Å². The molecule has 0 aliphatic carbocycles. The number of aryl methyl sites for hydroxylation is 1. The van der Waals surface area contributed by atoms with Crippen LogP contribution in [0.2, 0.25) is 5.02 Å². The first-order valence-electron chi connectivity index (χ1n) is 7.31. The molecular weight excluding hydrogens is 384 g/mol. The summed E-state index contributed by atoms with van der Waals surface area (Å²) in [5, 5.41) is 5.22. The number of halogens is 1. The Balaban J connectivity index is 2.37. The van der Waals surface area contributed by atoms with Gasteiger partial charge in [0.15, 0.2) is 0 Å². The second kappa shape index (κ2) is 7.05. The first-order valence-corrected chi connectivity index (χ1v) is 10.7. The third-order valence-corrected chi connectivity index (χ3v) is 7.32. The van der Waals surface area contributed by atoms with Crippen molar-refractivity contribution in [2.24, 2.45) is 5.14 Å². The fraction of sp³-hybridized carbons (Fsp3) is 0.250. The second-order valence-corrected chi connectivity index (χ2v) is 9.68. The zero-order valence-electron chi connectivity index (χ0n) is 14.0. The minimum absolute atomic E-state index is 0.0234. The van der Waals surface area contributed by atoms with Crippen molar-refractivity contribution in [2.75, 3.05) is 7.05 Å². The maximum absolute atomic E-state index is 12.8. The molecule has 0 amide bonds. The van der Waals surface area contributed by atoms with Crippen molar-refractivity contribution >= 4 is 31.6 Å². The van der Waals surface area contributed by atoms with E-state index in [1.165, 1.54) is 41.7 Å². The Hall–Kier alpha value is -1.45. The zero-order valence-corrected chi connectivity index (χ0v) is 16.4. The number of sulfonamides is 2. The molecule has 0 aromatic heterocycles. The Morgan fingerprint density at radius 2 is 1.60 bits per heavy atom. The maximum atomic E-state index is 12.8. The second-order valence-electron chi connectivity index (χ2n) is 5.75. The van der Waals surface area contributed by atoms with E-state index in [-0.39, 0.29) is 14.8 Å². The van der Waals surface area contributed by atoms with E-state index in [2.05, 4.69) is 0 Å². The molecule has 0 aliphatic heterocycles. The van der Waals surface area contributed by atoms with Crippen molar-refractivity contribution in [3.8, 4) is 0 Å². The first-order chi connectivity index (χ1) is 11.4. The van der Waals surface area contributed by atoms with Crippen molar-refractivity contribution in [1.29, 1.82) is 0 Å². The van der Waals surface area contributed by atoms with Crippen LogP contribution in [0.3, 0.4) is 0 Å². The van der Waals surface area contributed by atoms with Crippen molar-refractivity contribution in [1.82, 2.24) is 4.31 Å². The minimum Gasteiger partial charge on any atom is -0.225 e. The van der Waals surface area contributed by atoms with E-state index in [1.54, 1.807) is 19.1 Å². The smallest absolute Gasteiger partial charge is 0.225 e. The number of hydrogen-bond acceptors (Lipinski definition) is 4. The van der Waals surface area contributed by atoms with Crippen LogP contribution in [0.15, 0.2) is 52.3 Å². The van der Waals surface area contributed by atoms with Gasteiger partial charge < -0.3 is 0 Å². The first kappa shape index (κ1) is 19.9. The van der Waals surface area contributed by atoms with Crippen LogP contribution in [-0.4, -0.2) is 28.2 Å². The van der Waals surface area contributed by atoms with Crippen molar-refractivity contribution in [3.05, 3.63) is 58.6 Å². The molecule has 25 heavy (non-hydrogen) atoms. The van der Waals surface area contributed by atoms with Gasteiger partial charge >= 0.3 is 0 Å². The summed E-state index contributed by atoms with van der Waals surface area (Å²) in [5.41, 5.74) is 1.49. The van der Waals surface area contributed by atoms with Crippen molar-refractivity contribution in [2.45, 2.75) is 29.7 Å². The Kier molecular flexibility index (Phi) is 5.60. The molecule has 1 atom stereocenters. The van der Waals surface area contributed by atoms with Crippen LogP contribution in [-0.2, 0) is 20.0 Å². The summed E-state index contributed by atoms with van der Waals surface area (Å²) in [7, 11) is -6.16. The lowest BCUT2D eigenvalue weighted by molar-refractivity contribution is 0.398. The van der Waals surface area contributed by atoms with Gasteiger partial charge in [-0.25, -0.2) is 22.0 Å². The van der Waals surface area contributed by atoms with Gasteiger partial charge in [0.1, 0.15) is 4.90 Å². The molecule has 0 radical (unpaired) electrons. The predicted octanol–water partition coefficient (Wildman–Crippen LogP) is 2.68. The summed E-state index contributed by atoms with van der Waals surface area (Å²) in [6.45, 7) is 3.52. The van der Waals surface area contributed by atoms with Crippen LogP contribution < -0.4 is 5.14 Å². The third-order valence-electron chi connectivity index (χ3n) is 3.98. The van der Waals surface area contributed by atoms with Gasteiger partial charge in [0.05, 0.1) is 9.92 Å². The van der Waals surface area contributed by atoms with Gasteiger partial charge in [0.2, 0.25) is 20.0 Å². The minimum atomic E-state index is -3.81. The van der Waals surface area contributed by atoms with Crippen LogP contribution in [0.25, 0.3) is 0 Å². The Bertz CT molecular complexity index is 987. The summed E-state index contributed by atoms with van der Waals surface area (Å²) in [6, 6.07) is 9.98. The monoisotopic (exact) mass is 402 g/mol. The standard InChI is InChI=1S/C16H19ClN2O4S2/c1-11-4-9-16(15(17)10-11)25(22,23)19(3)12(2)13-5-7-14(8-6-13)24(18,20)21/h4-10,12H,1-3H3,(H2,18,20,21). The molecular formula is C16H19ClN2O4S2. The van der Waals surface area contributed by atoms with E-state index < -0.39 is 26.1 Å². The molecule has 0 fully saturated rings. The highest BCUT2D eigenvalue weighted by Gasteiger charge is 2.28. The molecule has 2 aromatic rings. The van der Waals surface area contributed by atoms with Crippen molar-refractivity contribution in [3.63, 3.8) is 0 Å². The molecule has 0 spiro atoms. The van der Waals surface area contributed by atoms with Crippen LogP contribution in [0.1, 0.15) is 24.1 Å². The summed E-state index contributed by atoms with van der Waals surface area (Å²) in [4.78, 5) is -0.00851. The number of nitrogens with zero attached hydrogens (tertiary/aromatic N) is 1. The van der Waals surface area contributed by atoms with Gasteiger partial charge in [-0.3, -0.25) is 0 Å². The van der Waals surface area contributed by atoms with Gasteiger partial charge in [-0.2, -0.15) is 4.31 Å². The molecule has 0 heterocycles. The summed E-state index contributed by atoms with van der Waals surface area (Å²) in [6.07, 6.45) is 0. The van der Waals surface area contributed by atoms with Crippen LogP contribution in [0.4, 0.5) is 0 Å². The van der Waals surface area contributed by atoms with Gasteiger partial charge in [0, 0.05) is 13.1 Å². The highest BCUT2D eigenvalue weighted by Crippen LogP contribution is 2.30. The molecule has 0 saturated carbocycles. The van der Waals surface area contributed by atoms with Crippen molar-refractivity contribution < 1.29 is 16.8 Å². The Morgan fingerprint density at radius 1 is 1.04 bits per heavy atom. The van der Waals surface area contributed by atoms with Gasteiger partial charge in [0.25, 0.3) is 0 Å². The highest BCUT2D eigenvalue weighted by atomic mass is 35.5. The lowest BCUT2D eigenvalue weighted by Gasteiger charge is -2.25. The van der Waals surface area contributed by atoms with Gasteiger partial charge in [-0.1, -0.05) is 29.8 Å². The molecule has 1 unspecified atom stereocenters. The van der Waals surface area contributed by atoms with E-state index >= 15 is 0 Å². The highest BCUT2D eigenvalue weighted by molar-refractivity contribution is 7.89. The quantitative estimate of drug-likeness (QED) is 0.831. The zero-order chi connectivity index (χ0) is 19.0. The average molecular weight is 403 g/mol. The number of benzene rings is 2. The lowest BCUT2D eigenvalue weighted by Crippen LogP contribution is -2.30. The molecule has 136 valence electrons. The summed E-state index contributed by atoms with van der Waals surface area (Å²) < 4.78 is 49.5. The molecule has 0 bridgehead atoms. The largest absolute Gasteiger partial charge is 0.244 e. The number of nitrogens with two attached hydrogens (primary N) is 1. The molecule has 2 aromatic carbocycles. The predicted molar refractivity (Wildman–Crippen MR) is 97.4 cm³/mol. The Labute approximate surface area is 153 Å². The topological polar surface area (TPSA) is 97.5 Å². The SMILES string of the molecule is Cc1ccc(S(=O)(=O)N(C)C(C)c2ccc(S(N)(=O)=O)cc2)c(Cl)c1. The van der Waals surface area contributed by atoms with E-state index in [9.17, 15) is 16.8 Å². The molecule has 2 N–H and O–H groups in total. The molecule has 9 heteroatoms. The van der Waals surface area contributed by atoms with Crippen LogP contribution in [0.5, 0.6) is 0 Å². The third kappa shape index (κ3) is 4.21. The van der Waals surface area contributed by atoms with E-state index in [1.807, 2.05) is 6.92 Å². The Morgan fingerprint density at radius 3 is 2.08 bits per heavy atom. The van der Waals surface area contributed by atoms with Gasteiger partial charge in [-0.05, 0) is 49.2 Å². The number of rotatable bonds is 5. The number of primary sulfonamides is 1. The fourth-order valence-electron chi connectivity index (χ4n) is 2.32. The average Bonchev–Trinajstić information content (AvgIpc) is 2.52. The van der Waals surface area contributed by atoms with E-state index in [0.717, 1.165) is 5.56 Å². The van der Waals surface area contributed by atoms with E-state index in [0.29, 0.717) is 5.56 Å². The molecule has 6 nitrogen and oxygen atoms in total. The lowest BCUT2D eigenvalue weighted by atomic mass is 10.1.